The van der Waals surface area contributed by atoms with Gasteiger partial charge in [0.25, 0.3) is 0 Å². The minimum absolute atomic E-state index is 0.0548. The fraction of sp³-hybridized carbons (Fsp3) is 0.600. The summed E-state index contributed by atoms with van der Waals surface area (Å²) in [6, 6.07) is 4.91. The van der Waals surface area contributed by atoms with Crippen LogP contribution in [-0.2, 0) is 4.74 Å². The zero-order chi connectivity index (χ0) is 13.7. The van der Waals surface area contributed by atoms with Gasteiger partial charge in [0.1, 0.15) is 17.7 Å². The van der Waals surface area contributed by atoms with Gasteiger partial charge in [-0.15, -0.1) is 0 Å². The first-order valence-electron chi connectivity index (χ1n) is 6.94. The van der Waals surface area contributed by atoms with Crippen LogP contribution in [0, 0.1) is 12.7 Å². The van der Waals surface area contributed by atoms with Crippen LogP contribution in [0.4, 0.5) is 4.39 Å². The van der Waals surface area contributed by atoms with Gasteiger partial charge in [-0.2, -0.15) is 0 Å². The van der Waals surface area contributed by atoms with Gasteiger partial charge in [0.15, 0.2) is 0 Å². The van der Waals surface area contributed by atoms with Crippen LogP contribution in [0.15, 0.2) is 18.2 Å². The molecule has 1 aliphatic rings. The van der Waals surface area contributed by atoms with Crippen LogP contribution in [0.25, 0.3) is 0 Å². The van der Waals surface area contributed by atoms with Crippen LogP contribution >= 0.6 is 0 Å². The Balaban J connectivity index is 2.04. The van der Waals surface area contributed by atoms with Crippen LogP contribution in [0.3, 0.4) is 0 Å². The molecular formula is C15H22FNO2. The van der Waals surface area contributed by atoms with Crippen molar-refractivity contribution in [3.63, 3.8) is 0 Å². The molecule has 0 saturated carbocycles. The van der Waals surface area contributed by atoms with E-state index in [1.165, 1.54) is 12.1 Å². The molecule has 0 spiro atoms. The van der Waals surface area contributed by atoms with E-state index < -0.39 is 0 Å². The topological polar surface area (TPSA) is 30.5 Å². The number of halogens is 1. The molecule has 1 aromatic carbocycles. The van der Waals surface area contributed by atoms with Gasteiger partial charge >= 0.3 is 0 Å². The average Bonchev–Trinajstić information content (AvgIpc) is 2.42. The SMILES string of the molecule is CCCNC1CCOCC1Oc1cc(F)ccc1C. The molecule has 0 aliphatic carbocycles. The Bertz CT molecular complexity index is 411. The summed E-state index contributed by atoms with van der Waals surface area (Å²) in [7, 11) is 0. The largest absolute Gasteiger partial charge is 0.486 e. The monoisotopic (exact) mass is 267 g/mol. The molecule has 0 aromatic heterocycles. The van der Waals surface area contributed by atoms with Crippen molar-refractivity contribution >= 4 is 0 Å². The second-order valence-electron chi connectivity index (χ2n) is 4.99. The summed E-state index contributed by atoms with van der Waals surface area (Å²) in [5, 5.41) is 3.48. The molecule has 1 N–H and O–H groups in total. The Labute approximate surface area is 114 Å². The van der Waals surface area contributed by atoms with Gasteiger partial charge in [0, 0.05) is 18.7 Å². The van der Waals surface area contributed by atoms with E-state index in [2.05, 4.69) is 12.2 Å². The van der Waals surface area contributed by atoms with Crippen molar-refractivity contribution < 1.29 is 13.9 Å². The molecule has 106 valence electrons. The zero-order valence-electron chi connectivity index (χ0n) is 11.6. The standard InChI is InChI=1S/C15H22FNO2/c1-3-7-17-13-6-8-18-10-15(13)19-14-9-12(16)5-4-11(14)2/h4-5,9,13,15,17H,3,6-8,10H2,1-2H3. The third-order valence-electron chi connectivity index (χ3n) is 3.39. The molecule has 1 saturated heterocycles. The summed E-state index contributed by atoms with van der Waals surface area (Å²) in [5.41, 5.74) is 0.946. The van der Waals surface area contributed by atoms with Gasteiger partial charge < -0.3 is 14.8 Å². The lowest BCUT2D eigenvalue weighted by atomic mass is 10.1. The lowest BCUT2D eigenvalue weighted by Crippen LogP contribution is -2.49. The molecule has 0 bridgehead atoms. The molecule has 1 aromatic rings. The highest BCUT2D eigenvalue weighted by Gasteiger charge is 2.27. The Morgan fingerprint density at radius 2 is 2.32 bits per heavy atom. The highest BCUT2D eigenvalue weighted by molar-refractivity contribution is 5.33. The van der Waals surface area contributed by atoms with Crippen molar-refractivity contribution in [1.29, 1.82) is 0 Å². The molecule has 2 unspecified atom stereocenters. The second kappa shape index (κ2) is 6.87. The Morgan fingerprint density at radius 3 is 3.11 bits per heavy atom. The predicted molar refractivity (Wildman–Crippen MR) is 73.1 cm³/mol. The van der Waals surface area contributed by atoms with E-state index >= 15 is 0 Å². The normalized spacial score (nSPS) is 23.3. The molecule has 0 amide bonds. The van der Waals surface area contributed by atoms with Crippen LogP contribution < -0.4 is 10.1 Å². The molecule has 2 atom stereocenters. The lowest BCUT2D eigenvalue weighted by Gasteiger charge is -2.33. The molecule has 1 fully saturated rings. The summed E-state index contributed by atoms with van der Waals surface area (Å²) < 4.78 is 24.7. The molecule has 1 heterocycles. The molecule has 0 radical (unpaired) electrons. The number of hydrogen-bond acceptors (Lipinski definition) is 3. The molecule has 2 rings (SSSR count). The summed E-state index contributed by atoms with van der Waals surface area (Å²) in [6.45, 7) is 6.33. The van der Waals surface area contributed by atoms with E-state index in [-0.39, 0.29) is 18.0 Å². The van der Waals surface area contributed by atoms with Gasteiger partial charge in [-0.25, -0.2) is 4.39 Å². The number of rotatable bonds is 5. The maximum atomic E-state index is 13.3. The van der Waals surface area contributed by atoms with E-state index in [4.69, 9.17) is 9.47 Å². The van der Waals surface area contributed by atoms with Crippen molar-refractivity contribution in [3.8, 4) is 5.75 Å². The van der Waals surface area contributed by atoms with E-state index in [0.29, 0.717) is 12.4 Å². The maximum absolute atomic E-state index is 13.3. The Morgan fingerprint density at radius 1 is 1.47 bits per heavy atom. The smallest absolute Gasteiger partial charge is 0.137 e. The first-order chi connectivity index (χ1) is 9.20. The summed E-state index contributed by atoms with van der Waals surface area (Å²) in [6.07, 6.45) is 1.96. The molecule has 1 aliphatic heterocycles. The third kappa shape index (κ3) is 3.91. The van der Waals surface area contributed by atoms with Gasteiger partial charge in [-0.05, 0) is 37.9 Å². The van der Waals surface area contributed by atoms with E-state index in [9.17, 15) is 4.39 Å². The Hall–Kier alpha value is -1.13. The minimum atomic E-state index is -0.268. The third-order valence-corrected chi connectivity index (χ3v) is 3.39. The minimum Gasteiger partial charge on any atom is -0.486 e. The number of hydrogen-bond donors (Lipinski definition) is 1. The second-order valence-corrected chi connectivity index (χ2v) is 4.99. The van der Waals surface area contributed by atoms with Crippen molar-refractivity contribution in [1.82, 2.24) is 5.32 Å². The molecule has 4 heteroatoms. The summed E-state index contributed by atoms with van der Waals surface area (Å²) in [4.78, 5) is 0. The van der Waals surface area contributed by atoms with Gasteiger partial charge in [-0.1, -0.05) is 13.0 Å². The van der Waals surface area contributed by atoms with Crippen molar-refractivity contribution in [3.05, 3.63) is 29.6 Å². The van der Waals surface area contributed by atoms with Gasteiger partial charge in [0.05, 0.1) is 6.61 Å². The fourth-order valence-electron chi connectivity index (χ4n) is 2.26. The maximum Gasteiger partial charge on any atom is 0.137 e. The average molecular weight is 267 g/mol. The first-order valence-corrected chi connectivity index (χ1v) is 6.94. The number of benzene rings is 1. The van der Waals surface area contributed by atoms with Crippen LogP contribution in [0.5, 0.6) is 5.75 Å². The van der Waals surface area contributed by atoms with E-state index in [1.54, 1.807) is 6.07 Å². The highest BCUT2D eigenvalue weighted by atomic mass is 19.1. The van der Waals surface area contributed by atoms with Crippen LogP contribution in [0.1, 0.15) is 25.3 Å². The highest BCUT2D eigenvalue weighted by Crippen LogP contribution is 2.22. The van der Waals surface area contributed by atoms with E-state index in [1.807, 2.05) is 6.92 Å². The summed E-state index contributed by atoms with van der Waals surface area (Å²) >= 11 is 0. The van der Waals surface area contributed by atoms with Crippen LogP contribution in [-0.4, -0.2) is 31.9 Å². The molecular weight excluding hydrogens is 245 g/mol. The molecule has 19 heavy (non-hydrogen) atoms. The number of nitrogens with one attached hydrogen (secondary N) is 1. The quantitative estimate of drug-likeness (QED) is 0.889. The van der Waals surface area contributed by atoms with Crippen molar-refractivity contribution in [2.45, 2.75) is 38.8 Å². The zero-order valence-corrected chi connectivity index (χ0v) is 11.6. The van der Waals surface area contributed by atoms with Gasteiger partial charge in [0.2, 0.25) is 0 Å². The number of aryl methyl sites for hydroxylation is 1. The number of ether oxygens (including phenoxy) is 2. The first kappa shape index (κ1) is 14.3. The van der Waals surface area contributed by atoms with Crippen molar-refractivity contribution in [2.24, 2.45) is 0 Å². The lowest BCUT2D eigenvalue weighted by molar-refractivity contribution is -0.0150. The van der Waals surface area contributed by atoms with E-state index in [0.717, 1.165) is 31.6 Å². The van der Waals surface area contributed by atoms with Gasteiger partial charge in [-0.3, -0.25) is 0 Å². The fourth-order valence-corrected chi connectivity index (χ4v) is 2.26. The van der Waals surface area contributed by atoms with Crippen LogP contribution in [0.2, 0.25) is 0 Å². The molecule has 3 nitrogen and oxygen atoms in total. The van der Waals surface area contributed by atoms with Crippen molar-refractivity contribution in [2.75, 3.05) is 19.8 Å². The Kier molecular flexibility index (Phi) is 5.16. The predicted octanol–water partition coefficient (Wildman–Crippen LogP) is 2.67. The summed E-state index contributed by atoms with van der Waals surface area (Å²) in [5.74, 6) is 0.342.